The van der Waals surface area contributed by atoms with Gasteiger partial charge in [-0.15, -0.1) is 0 Å². The van der Waals surface area contributed by atoms with Gasteiger partial charge in [0.25, 0.3) is 0 Å². The maximum Gasteiger partial charge on any atom is 0.0485 e. The van der Waals surface area contributed by atoms with Crippen LogP contribution in [0.5, 0.6) is 0 Å². The maximum absolute atomic E-state index is 4.66. The van der Waals surface area contributed by atoms with E-state index in [1.165, 1.54) is 22.4 Å². The van der Waals surface area contributed by atoms with Gasteiger partial charge >= 0.3 is 0 Å². The topological polar surface area (TPSA) is 24.9 Å². The molecule has 1 N–H and O–H groups in total. The first-order valence-corrected chi connectivity index (χ1v) is 7.09. The van der Waals surface area contributed by atoms with Crippen molar-refractivity contribution in [1.82, 2.24) is 10.3 Å². The van der Waals surface area contributed by atoms with Crippen molar-refractivity contribution in [3.63, 3.8) is 0 Å². The second-order valence-corrected chi connectivity index (χ2v) is 5.20. The van der Waals surface area contributed by atoms with E-state index in [1.807, 2.05) is 6.20 Å². The molecule has 3 rings (SSSR count). The van der Waals surface area contributed by atoms with Gasteiger partial charge in [-0.1, -0.05) is 37.3 Å². The molecule has 0 radical (unpaired) electrons. The molecular formula is C17H20N2. The lowest BCUT2D eigenvalue weighted by Crippen LogP contribution is -2.23. The quantitative estimate of drug-likeness (QED) is 0.908. The monoisotopic (exact) mass is 252 g/mol. The Morgan fingerprint density at radius 1 is 1.11 bits per heavy atom. The molecule has 1 aliphatic rings. The Morgan fingerprint density at radius 2 is 1.89 bits per heavy atom. The molecule has 0 bridgehead atoms. The Balaban J connectivity index is 2.01. The van der Waals surface area contributed by atoms with Gasteiger partial charge in [-0.25, -0.2) is 0 Å². The second kappa shape index (κ2) is 5.54. The Kier molecular flexibility index (Phi) is 3.60. The lowest BCUT2D eigenvalue weighted by Gasteiger charge is -2.17. The fourth-order valence-corrected chi connectivity index (χ4v) is 2.95. The molecule has 0 fully saturated rings. The van der Waals surface area contributed by atoms with Gasteiger partial charge in [-0.2, -0.15) is 0 Å². The highest BCUT2D eigenvalue weighted by molar-refractivity contribution is 5.39. The van der Waals surface area contributed by atoms with Crippen molar-refractivity contribution in [2.75, 3.05) is 13.1 Å². The summed E-state index contributed by atoms with van der Waals surface area (Å²) >= 11 is 0. The van der Waals surface area contributed by atoms with Gasteiger partial charge in [0.2, 0.25) is 0 Å². The van der Waals surface area contributed by atoms with Crippen LogP contribution in [0.1, 0.15) is 35.2 Å². The summed E-state index contributed by atoms with van der Waals surface area (Å²) in [6.45, 7) is 4.18. The number of nitrogens with zero attached hydrogens (tertiary/aromatic N) is 1. The van der Waals surface area contributed by atoms with Gasteiger partial charge in [-0.05, 0) is 42.1 Å². The normalized spacial score (nSPS) is 17.4. The predicted octanol–water partition coefficient (Wildman–Crippen LogP) is 2.92. The first-order chi connectivity index (χ1) is 9.38. The third-order valence-electron chi connectivity index (χ3n) is 3.92. The molecule has 0 aliphatic heterocycles. The zero-order valence-electron chi connectivity index (χ0n) is 11.4. The minimum Gasteiger partial charge on any atom is -0.316 e. The molecule has 0 spiro atoms. The van der Waals surface area contributed by atoms with E-state index >= 15 is 0 Å². The van der Waals surface area contributed by atoms with Crippen LogP contribution in [0.2, 0.25) is 0 Å². The number of nitrogens with one attached hydrogen (secondary N) is 1. The summed E-state index contributed by atoms with van der Waals surface area (Å²) in [4.78, 5) is 4.66. The molecule has 1 aromatic heterocycles. The minimum absolute atomic E-state index is 0.486. The SMILES string of the molecule is CCNC[C@@H]1Cc2ccccc2Cc2cccnc21. The smallest absolute Gasteiger partial charge is 0.0485 e. The first-order valence-electron chi connectivity index (χ1n) is 7.09. The molecule has 0 saturated carbocycles. The van der Waals surface area contributed by atoms with E-state index < -0.39 is 0 Å². The second-order valence-electron chi connectivity index (χ2n) is 5.20. The molecule has 0 saturated heterocycles. The van der Waals surface area contributed by atoms with Gasteiger partial charge in [-0.3, -0.25) is 4.98 Å². The van der Waals surface area contributed by atoms with E-state index in [0.717, 1.165) is 25.9 Å². The summed E-state index contributed by atoms with van der Waals surface area (Å²) in [7, 11) is 0. The van der Waals surface area contributed by atoms with E-state index in [2.05, 4.69) is 53.6 Å². The Bertz CT molecular complexity index is 563. The van der Waals surface area contributed by atoms with Crippen LogP contribution >= 0.6 is 0 Å². The first kappa shape index (κ1) is 12.4. The fraction of sp³-hybridized carbons (Fsp3) is 0.353. The maximum atomic E-state index is 4.66. The van der Waals surface area contributed by atoms with Gasteiger partial charge in [0, 0.05) is 24.4 Å². The standard InChI is InChI=1S/C17H20N2/c1-2-18-12-16-11-14-7-4-3-6-13(14)10-15-8-5-9-19-17(15)16/h3-9,16,18H,2,10-12H2,1H3/t16-/m0/s1. The van der Waals surface area contributed by atoms with Crippen LogP contribution in [0, 0.1) is 0 Å². The highest BCUT2D eigenvalue weighted by Gasteiger charge is 2.22. The highest BCUT2D eigenvalue weighted by Crippen LogP contribution is 2.30. The average Bonchev–Trinajstić information content (AvgIpc) is 2.61. The van der Waals surface area contributed by atoms with Crippen molar-refractivity contribution in [2.24, 2.45) is 0 Å². The van der Waals surface area contributed by atoms with Gasteiger partial charge < -0.3 is 5.32 Å². The molecule has 1 atom stereocenters. The van der Waals surface area contributed by atoms with Crippen LogP contribution in [0.3, 0.4) is 0 Å². The lowest BCUT2D eigenvalue weighted by molar-refractivity contribution is 0.583. The summed E-state index contributed by atoms with van der Waals surface area (Å²) in [5, 5.41) is 3.48. The number of rotatable bonds is 3. The number of pyridine rings is 1. The van der Waals surface area contributed by atoms with Crippen LogP contribution in [0.25, 0.3) is 0 Å². The van der Waals surface area contributed by atoms with Crippen molar-refractivity contribution in [3.8, 4) is 0 Å². The molecule has 0 unspecified atom stereocenters. The third-order valence-corrected chi connectivity index (χ3v) is 3.92. The van der Waals surface area contributed by atoms with E-state index in [-0.39, 0.29) is 0 Å². The molecule has 98 valence electrons. The molecule has 1 aliphatic carbocycles. The Morgan fingerprint density at radius 3 is 2.74 bits per heavy atom. The van der Waals surface area contributed by atoms with E-state index in [9.17, 15) is 0 Å². The summed E-state index contributed by atoms with van der Waals surface area (Å²) in [6, 6.07) is 13.1. The van der Waals surface area contributed by atoms with Crippen LogP contribution < -0.4 is 5.32 Å². The van der Waals surface area contributed by atoms with Crippen molar-refractivity contribution in [1.29, 1.82) is 0 Å². The third kappa shape index (κ3) is 2.54. The predicted molar refractivity (Wildman–Crippen MR) is 78.5 cm³/mol. The Hall–Kier alpha value is -1.67. The number of aromatic nitrogens is 1. The molecule has 2 nitrogen and oxygen atoms in total. The summed E-state index contributed by atoms with van der Waals surface area (Å²) in [6.07, 6.45) is 4.03. The van der Waals surface area contributed by atoms with Crippen LogP contribution in [0.15, 0.2) is 42.6 Å². The number of likely N-dealkylation sites (N-methyl/N-ethyl adjacent to an activating group) is 1. The summed E-state index contributed by atoms with van der Waals surface area (Å²) < 4.78 is 0. The van der Waals surface area contributed by atoms with Crippen LogP contribution in [-0.4, -0.2) is 18.1 Å². The van der Waals surface area contributed by atoms with E-state index in [1.54, 1.807) is 0 Å². The number of hydrogen-bond acceptors (Lipinski definition) is 2. The molecule has 1 heterocycles. The Labute approximate surface area is 114 Å². The van der Waals surface area contributed by atoms with E-state index in [4.69, 9.17) is 0 Å². The molecule has 1 aromatic carbocycles. The average molecular weight is 252 g/mol. The van der Waals surface area contributed by atoms with Gasteiger partial charge in [0.15, 0.2) is 0 Å². The van der Waals surface area contributed by atoms with Crippen molar-refractivity contribution in [3.05, 3.63) is 65.0 Å². The van der Waals surface area contributed by atoms with Gasteiger partial charge in [0.05, 0.1) is 0 Å². The van der Waals surface area contributed by atoms with Crippen LogP contribution in [0.4, 0.5) is 0 Å². The fourth-order valence-electron chi connectivity index (χ4n) is 2.95. The molecule has 2 aromatic rings. The molecule has 0 amide bonds. The van der Waals surface area contributed by atoms with Crippen molar-refractivity contribution < 1.29 is 0 Å². The number of fused-ring (bicyclic) bond motifs is 2. The molecule has 19 heavy (non-hydrogen) atoms. The number of hydrogen-bond donors (Lipinski definition) is 1. The number of benzene rings is 1. The summed E-state index contributed by atoms with van der Waals surface area (Å²) in [5.74, 6) is 0.486. The lowest BCUT2D eigenvalue weighted by atomic mass is 9.95. The molecule has 2 heteroatoms. The van der Waals surface area contributed by atoms with E-state index in [0.29, 0.717) is 5.92 Å². The van der Waals surface area contributed by atoms with Crippen LogP contribution in [-0.2, 0) is 12.8 Å². The highest BCUT2D eigenvalue weighted by atomic mass is 14.9. The molecular weight excluding hydrogens is 232 g/mol. The zero-order valence-corrected chi connectivity index (χ0v) is 11.4. The minimum atomic E-state index is 0.486. The van der Waals surface area contributed by atoms with Gasteiger partial charge in [0.1, 0.15) is 0 Å². The van der Waals surface area contributed by atoms with Crippen molar-refractivity contribution >= 4 is 0 Å². The summed E-state index contributed by atoms with van der Waals surface area (Å²) in [5.41, 5.74) is 5.59. The zero-order chi connectivity index (χ0) is 13.1. The largest absolute Gasteiger partial charge is 0.316 e. The van der Waals surface area contributed by atoms with Crippen molar-refractivity contribution in [2.45, 2.75) is 25.7 Å².